The van der Waals surface area contributed by atoms with E-state index in [9.17, 15) is 14.4 Å². The number of ether oxygens (including phenoxy) is 8. The van der Waals surface area contributed by atoms with Crippen LogP contribution >= 0.6 is 0 Å². The van der Waals surface area contributed by atoms with E-state index < -0.39 is 16.5 Å². The molecule has 17 rings (SSSR count). The molecule has 12 bridgehead atoms. The molecular formula is C71H81O11S+. The molecule has 5 aromatic carbocycles. The molecule has 0 unspecified atom stereocenters. The molecular weight excluding hydrogens is 1060 g/mol. The molecule has 12 aliphatic carbocycles. The van der Waals surface area contributed by atoms with Gasteiger partial charge in [-0.05, 0) is 296 Å². The lowest BCUT2D eigenvalue weighted by molar-refractivity contribution is -0.205. The summed E-state index contributed by atoms with van der Waals surface area (Å²) in [5.74, 6) is 10.1. The molecule has 0 atom stereocenters. The van der Waals surface area contributed by atoms with Gasteiger partial charge in [0.25, 0.3) is 0 Å². The van der Waals surface area contributed by atoms with Crippen molar-refractivity contribution in [1.82, 2.24) is 0 Å². The Morgan fingerprint density at radius 3 is 0.783 bits per heavy atom. The zero-order chi connectivity index (χ0) is 56.5. The number of carbonyl (C=O) groups excluding carboxylic acids is 3. The fourth-order valence-corrected chi connectivity index (χ4v) is 20.3. The van der Waals surface area contributed by atoms with Gasteiger partial charge in [0.1, 0.15) is 58.8 Å². The SMILES string of the molecule is CC1(OC(=O)COc2ccc(COc3ccc([S+](c4ccc(OCC(=O)OC5(C)C6CC7CC(C6)CC5C7)cc4)c4ccc(OCc5ccc(OCC(=O)OC6(C)C7CC8CC(C7)CC6C8)cc5)cc4)cc3)cc2)C2CC3CC(C2)CC1C3. The maximum absolute atomic E-state index is 13.4. The number of benzene rings is 5. The molecule has 0 aromatic heterocycles. The van der Waals surface area contributed by atoms with Crippen LogP contribution in [0.2, 0.25) is 0 Å². The summed E-state index contributed by atoms with van der Waals surface area (Å²) in [5.41, 5.74) is 0.818. The molecule has 0 spiro atoms. The predicted octanol–water partition coefficient (Wildman–Crippen LogP) is 14.4. The minimum Gasteiger partial charge on any atom is -0.489 e. The van der Waals surface area contributed by atoms with Crippen LogP contribution in [0.15, 0.2) is 136 Å². The van der Waals surface area contributed by atoms with Crippen LogP contribution < -0.4 is 23.7 Å². The van der Waals surface area contributed by atoms with Gasteiger partial charge in [-0.1, -0.05) is 24.3 Å². The minimum atomic E-state index is -0.525. The summed E-state index contributed by atoms with van der Waals surface area (Å²) < 4.78 is 49.3. The first-order chi connectivity index (χ1) is 40.2. The summed E-state index contributed by atoms with van der Waals surface area (Å²) in [6, 6.07) is 40.0. The highest BCUT2D eigenvalue weighted by molar-refractivity contribution is 7.97. The van der Waals surface area contributed by atoms with E-state index in [0.29, 0.717) is 66.0 Å². The van der Waals surface area contributed by atoms with Crippen molar-refractivity contribution < 1.29 is 52.3 Å². The van der Waals surface area contributed by atoms with Crippen molar-refractivity contribution in [2.24, 2.45) is 71.0 Å². The van der Waals surface area contributed by atoms with Crippen molar-refractivity contribution in [3.8, 4) is 28.7 Å². The summed E-state index contributed by atoms with van der Waals surface area (Å²) in [6.45, 7) is 6.90. The third-order valence-electron chi connectivity index (χ3n) is 22.2. The molecule has 12 saturated carbocycles. The number of hydrogen-bond donors (Lipinski definition) is 0. The van der Waals surface area contributed by atoms with Crippen molar-refractivity contribution in [3.05, 3.63) is 132 Å². The topological polar surface area (TPSA) is 125 Å². The van der Waals surface area contributed by atoms with Gasteiger partial charge in [-0.2, -0.15) is 0 Å². The fraction of sp³-hybridized carbons (Fsp3) is 0.535. The summed E-state index contributed by atoms with van der Waals surface area (Å²) >= 11 is 0. The molecule has 0 N–H and O–H groups in total. The fourth-order valence-electron chi connectivity index (χ4n) is 18.2. The van der Waals surface area contributed by atoms with E-state index in [0.717, 1.165) is 72.8 Å². The van der Waals surface area contributed by atoms with E-state index in [-0.39, 0.29) is 48.9 Å². The van der Waals surface area contributed by atoms with Crippen molar-refractivity contribution >= 4 is 28.8 Å². The molecule has 5 aromatic rings. The quantitative estimate of drug-likeness (QED) is 0.0396. The maximum Gasteiger partial charge on any atom is 0.344 e. The Bertz CT molecular complexity index is 2890. The molecule has 0 saturated heterocycles. The molecule has 436 valence electrons. The number of rotatable bonds is 21. The predicted molar refractivity (Wildman–Crippen MR) is 314 cm³/mol. The average molecular weight is 1140 g/mol. The zero-order valence-electron chi connectivity index (χ0n) is 48.5. The van der Waals surface area contributed by atoms with E-state index >= 15 is 0 Å². The average Bonchev–Trinajstić information content (AvgIpc) is 2.15. The monoisotopic (exact) mass is 1140 g/mol. The molecule has 0 amide bonds. The van der Waals surface area contributed by atoms with Crippen molar-refractivity contribution in [2.75, 3.05) is 19.8 Å². The van der Waals surface area contributed by atoms with Crippen LogP contribution in [0.5, 0.6) is 28.7 Å². The van der Waals surface area contributed by atoms with Crippen LogP contribution in [-0.4, -0.2) is 54.5 Å². The Morgan fingerprint density at radius 2 is 0.542 bits per heavy atom. The lowest BCUT2D eigenvalue weighted by Crippen LogP contribution is -2.58. The first-order valence-electron chi connectivity index (χ1n) is 31.3. The van der Waals surface area contributed by atoms with E-state index in [1.807, 2.05) is 84.9 Å². The second-order valence-electron chi connectivity index (χ2n) is 27.3. The third-order valence-corrected chi connectivity index (χ3v) is 24.4. The minimum absolute atomic E-state index is 0.103. The molecule has 0 aliphatic heterocycles. The first kappa shape index (κ1) is 54.8. The molecule has 0 heterocycles. The van der Waals surface area contributed by atoms with Gasteiger partial charge >= 0.3 is 17.9 Å². The summed E-state index contributed by atoms with van der Waals surface area (Å²) in [6.07, 6.45) is 18.3. The van der Waals surface area contributed by atoms with Crippen LogP contribution in [0.25, 0.3) is 0 Å². The Morgan fingerprint density at radius 1 is 0.325 bits per heavy atom. The lowest BCUT2D eigenvalue weighted by atomic mass is 9.50. The van der Waals surface area contributed by atoms with Gasteiger partial charge in [0.05, 0.1) is 10.9 Å². The molecule has 12 fully saturated rings. The van der Waals surface area contributed by atoms with Gasteiger partial charge in [0.15, 0.2) is 34.5 Å². The van der Waals surface area contributed by atoms with Crippen LogP contribution in [0.1, 0.15) is 128 Å². The Kier molecular flexibility index (Phi) is 14.8. The highest BCUT2D eigenvalue weighted by Crippen LogP contribution is 2.62. The smallest absolute Gasteiger partial charge is 0.344 e. The molecule has 83 heavy (non-hydrogen) atoms. The Balaban J connectivity index is 0.595. The molecule has 0 radical (unpaired) electrons. The van der Waals surface area contributed by atoms with E-state index in [2.05, 4.69) is 57.2 Å². The lowest BCUT2D eigenvalue weighted by Gasteiger charge is -2.59. The van der Waals surface area contributed by atoms with Crippen molar-refractivity contribution in [1.29, 1.82) is 0 Å². The van der Waals surface area contributed by atoms with Gasteiger partial charge < -0.3 is 37.9 Å². The number of hydrogen-bond acceptors (Lipinski definition) is 11. The van der Waals surface area contributed by atoms with Gasteiger partial charge in [0, 0.05) is 0 Å². The van der Waals surface area contributed by atoms with E-state index in [4.69, 9.17) is 37.9 Å². The second kappa shape index (κ2) is 22.4. The largest absolute Gasteiger partial charge is 0.489 e. The van der Waals surface area contributed by atoms with Crippen LogP contribution in [-0.2, 0) is 52.7 Å². The molecule has 12 heteroatoms. The van der Waals surface area contributed by atoms with Crippen LogP contribution in [0.4, 0.5) is 0 Å². The zero-order valence-corrected chi connectivity index (χ0v) is 49.3. The summed E-state index contributed by atoms with van der Waals surface area (Å²) in [5, 5.41) is 0. The van der Waals surface area contributed by atoms with Gasteiger partial charge in [0.2, 0.25) is 0 Å². The first-order valence-corrected chi connectivity index (χ1v) is 32.5. The van der Waals surface area contributed by atoms with Gasteiger partial charge in [-0.3, -0.25) is 0 Å². The van der Waals surface area contributed by atoms with E-state index in [1.165, 1.54) is 96.3 Å². The van der Waals surface area contributed by atoms with Crippen LogP contribution in [0.3, 0.4) is 0 Å². The van der Waals surface area contributed by atoms with Gasteiger partial charge in [-0.25, -0.2) is 14.4 Å². The molecule has 11 nitrogen and oxygen atoms in total. The van der Waals surface area contributed by atoms with Crippen LogP contribution in [0, 0.1) is 71.0 Å². The van der Waals surface area contributed by atoms with Crippen molar-refractivity contribution in [2.45, 2.75) is 162 Å². The number of esters is 3. The molecule has 12 aliphatic rings. The summed E-state index contributed by atoms with van der Waals surface area (Å²) in [7, 11) is -0.525. The normalized spacial score (nSPS) is 34.0. The Labute approximate surface area is 492 Å². The van der Waals surface area contributed by atoms with E-state index in [1.54, 1.807) is 0 Å². The maximum atomic E-state index is 13.4. The second-order valence-corrected chi connectivity index (χ2v) is 29.4. The highest BCUT2D eigenvalue weighted by Gasteiger charge is 2.59. The van der Waals surface area contributed by atoms with Gasteiger partial charge in [-0.15, -0.1) is 0 Å². The third kappa shape index (κ3) is 11.2. The standard InChI is InChI=1S/C71H81O11S/c1-69(52-27-46-24-47(29-52)30-53(69)28-46)80-66(72)41-77-58-8-4-44(5-9-58)39-75-60-12-18-63(19-13-60)83(65-22-16-62(17-23-65)79-43-68(74)82-71(3)56-35-50-26-51(37-56)38-57(71)36-50)64-20-14-61(15-21-64)76-40-45-6-10-59(11-7-45)78-42-67(73)81-70(2)54-31-48-25-49(33-54)34-55(70)32-48/h4-23,46-57H,24-43H2,1-3H3/q+1. The summed E-state index contributed by atoms with van der Waals surface area (Å²) in [4.78, 5) is 42.8. The van der Waals surface area contributed by atoms with Crippen molar-refractivity contribution in [3.63, 3.8) is 0 Å². The highest BCUT2D eigenvalue weighted by atomic mass is 32.2. The Hall–Kier alpha value is -6.14. The number of carbonyl (C=O) groups is 3.